The van der Waals surface area contributed by atoms with Crippen LogP contribution in [0.1, 0.15) is 20.8 Å². The van der Waals surface area contributed by atoms with Gasteiger partial charge in [0, 0.05) is 38.8 Å². The molecule has 2 aromatic heterocycles. The molecule has 0 aliphatic carbocycles. The van der Waals surface area contributed by atoms with Crippen LogP contribution in [0.3, 0.4) is 0 Å². The normalized spacial score (nSPS) is 10.5. The van der Waals surface area contributed by atoms with Crippen LogP contribution in [0.4, 0.5) is 0 Å². The zero-order valence-electron chi connectivity index (χ0n) is 14.5. The van der Waals surface area contributed by atoms with E-state index in [0.717, 1.165) is 9.86 Å². The summed E-state index contributed by atoms with van der Waals surface area (Å²) in [6.07, 6.45) is 3.65. The van der Waals surface area contributed by atoms with Crippen LogP contribution in [0.2, 0.25) is 5.02 Å². The van der Waals surface area contributed by atoms with Gasteiger partial charge in [0.1, 0.15) is 5.65 Å². The molecule has 0 fully saturated rings. The van der Waals surface area contributed by atoms with E-state index in [1.807, 2.05) is 45.2 Å². The smallest absolute Gasteiger partial charge is 0.260 e. The number of thioether (sulfide) groups is 1. The van der Waals surface area contributed by atoms with Crippen LogP contribution < -0.4 is 5.56 Å². The Balaban J connectivity index is 0.00000109. The molecule has 0 N–H and O–H groups in total. The van der Waals surface area contributed by atoms with Crippen molar-refractivity contribution in [1.82, 2.24) is 14.5 Å². The van der Waals surface area contributed by atoms with Gasteiger partial charge in [0.25, 0.3) is 5.56 Å². The van der Waals surface area contributed by atoms with Crippen LogP contribution >= 0.6 is 39.3 Å². The second-order valence-electron chi connectivity index (χ2n) is 4.87. The first-order valence-corrected chi connectivity index (χ1v) is 10.3. The number of rotatable bonds is 3. The number of pyridine rings is 1. The summed E-state index contributed by atoms with van der Waals surface area (Å²) >= 11 is 11.1. The SMILES string of the molecule is CC.CCn1c(=O)c(-c2ccc(Br)cc2Cl)cc2cnc(SC)nc21. The fourth-order valence-electron chi connectivity index (χ4n) is 2.44. The number of benzene rings is 1. The minimum atomic E-state index is -0.102. The second-order valence-corrected chi connectivity index (χ2v) is 6.96. The number of hydrogen-bond donors (Lipinski definition) is 0. The lowest BCUT2D eigenvalue weighted by Crippen LogP contribution is -2.22. The van der Waals surface area contributed by atoms with Gasteiger partial charge in [-0.15, -0.1) is 0 Å². The van der Waals surface area contributed by atoms with Crippen molar-refractivity contribution in [3.05, 3.63) is 50.3 Å². The van der Waals surface area contributed by atoms with Gasteiger partial charge in [-0.1, -0.05) is 59.2 Å². The van der Waals surface area contributed by atoms with E-state index in [0.29, 0.717) is 33.5 Å². The van der Waals surface area contributed by atoms with Gasteiger partial charge in [-0.25, -0.2) is 9.97 Å². The Hall–Kier alpha value is -1.37. The lowest BCUT2D eigenvalue weighted by atomic mass is 10.1. The van der Waals surface area contributed by atoms with Gasteiger partial charge in [0.15, 0.2) is 5.16 Å². The second kappa shape index (κ2) is 8.83. The summed E-state index contributed by atoms with van der Waals surface area (Å²) < 4.78 is 2.53. The Labute approximate surface area is 164 Å². The molecule has 0 saturated carbocycles. The molecule has 1 aromatic carbocycles. The first kappa shape index (κ1) is 19.9. The molecule has 132 valence electrons. The third-order valence-corrected chi connectivity index (χ3v) is 4.89. The third kappa shape index (κ3) is 4.07. The van der Waals surface area contributed by atoms with E-state index in [9.17, 15) is 4.79 Å². The molecule has 0 atom stereocenters. The highest BCUT2D eigenvalue weighted by Gasteiger charge is 2.14. The van der Waals surface area contributed by atoms with Gasteiger partial charge >= 0.3 is 0 Å². The Kier molecular flexibility index (Phi) is 7.04. The van der Waals surface area contributed by atoms with E-state index in [1.54, 1.807) is 16.8 Å². The number of aromatic nitrogens is 3. The van der Waals surface area contributed by atoms with E-state index in [1.165, 1.54) is 11.8 Å². The molecule has 25 heavy (non-hydrogen) atoms. The van der Waals surface area contributed by atoms with Gasteiger partial charge in [-0.3, -0.25) is 9.36 Å². The van der Waals surface area contributed by atoms with Crippen LogP contribution in [0, 0.1) is 0 Å². The zero-order chi connectivity index (χ0) is 18.6. The van der Waals surface area contributed by atoms with E-state index in [2.05, 4.69) is 25.9 Å². The Morgan fingerprint density at radius 2 is 1.96 bits per heavy atom. The Bertz CT molecular complexity index is 959. The summed E-state index contributed by atoms with van der Waals surface area (Å²) in [5.74, 6) is 0. The molecule has 0 aliphatic rings. The van der Waals surface area contributed by atoms with Crippen LogP contribution in [0.25, 0.3) is 22.2 Å². The quantitative estimate of drug-likeness (QED) is 0.390. The third-order valence-electron chi connectivity index (χ3n) is 3.52. The Morgan fingerprint density at radius 3 is 2.56 bits per heavy atom. The average molecular weight is 441 g/mol. The largest absolute Gasteiger partial charge is 0.292 e. The first-order valence-electron chi connectivity index (χ1n) is 7.95. The van der Waals surface area contributed by atoms with E-state index in [-0.39, 0.29) is 5.56 Å². The van der Waals surface area contributed by atoms with Crippen LogP contribution in [-0.4, -0.2) is 20.8 Å². The molecule has 0 spiro atoms. The van der Waals surface area contributed by atoms with Crippen LogP contribution in [0.5, 0.6) is 0 Å². The predicted molar refractivity (Wildman–Crippen MR) is 111 cm³/mol. The minimum absolute atomic E-state index is 0.102. The highest BCUT2D eigenvalue weighted by molar-refractivity contribution is 9.10. The maximum atomic E-state index is 12.9. The highest BCUT2D eigenvalue weighted by Crippen LogP contribution is 2.30. The van der Waals surface area contributed by atoms with Crippen molar-refractivity contribution in [3.8, 4) is 11.1 Å². The molecule has 3 rings (SSSR count). The van der Waals surface area contributed by atoms with Crippen molar-refractivity contribution < 1.29 is 0 Å². The number of aryl methyl sites for hydroxylation is 1. The molecule has 0 bridgehead atoms. The molecule has 0 radical (unpaired) electrons. The molecule has 0 aliphatic heterocycles. The number of fused-ring (bicyclic) bond motifs is 1. The molecule has 3 aromatic rings. The maximum absolute atomic E-state index is 12.9. The Morgan fingerprint density at radius 1 is 1.24 bits per heavy atom. The summed E-state index contributed by atoms with van der Waals surface area (Å²) in [5, 5.41) is 1.99. The number of hydrogen-bond acceptors (Lipinski definition) is 4. The van der Waals surface area contributed by atoms with Gasteiger partial charge in [-0.05, 0) is 31.4 Å². The number of nitrogens with zero attached hydrogens (tertiary/aromatic N) is 3. The lowest BCUT2D eigenvalue weighted by Gasteiger charge is -2.12. The molecular weight excluding hydrogens is 422 g/mol. The van der Waals surface area contributed by atoms with Crippen molar-refractivity contribution in [2.75, 3.05) is 6.26 Å². The van der Waals surface area contributed by atoms with Crippen molar-refractivity contribution in [2.45, 2.75) is 32.5 Å². The highest BCUT2D eigenvalue weighted by atomic mass is 79.9. The minimum Gasteiger partial charge on any atom is -0.292 e. The molecule has 2 heterocycles. The van der Waals surface area contributed by atoms with Crippen molar-refractivity contribution in [2.24, 2.45) is 0 Å². The monoisotopic (exact) mass is 439 g/mol. The molecule has 4 nitrogen and oxygen atoms in total. The maximum Gasteiger partial charge on any atom is 0.260 e. The average Bonchev–Trinajstić information content (AvgIpc) is 2.63. The molecule has 7 heteroatoms. The fraction of sp³-hybridized carbons (Fsp3) is 0.278. The van der Waals surface area contributed by atoms with Gasteiger partial charge in [0.05, 0.1) is 0 Å². The van der Waals surface area contributed by atoms with Gasteiger partial charge in [-0.2, -0.15) is 0 Å². The number of halogens is 2. The summed E-state index contributed by atoms with van der Waals surface area (Å²) in [6, 6.07) is 7.30. The fourth-order valence-corrected chi connectivity index (χ4v) is 3.55. The lowest BCUT2D eigenvalue weighted by molar-refractivity contribution is 0.743. The molecule has 0 unspecified atom stereocenters. The van der Waals surface area contributed by atoms with E-state index in [4.69, 9.17) is 11.6 Å². The van der Waals surface area contributed by atoms with Crippen molar-refractivity contribution >= 4 is 50.3 Å². The molecule has 0 saturated heterocycles. The van der Waals surface area contributed by atoms with Crippen LogP contribution in [0.15, 0.2) is 44.9 Å². The summed E-state index contributed by atoms with van der Waals surface area (Å²) in [6.45, 7) is 6.46. The summed E-state index contributed by atoms with van der Waals surface area (Å²) in [7, 11) is 0. The van der Waals surface area contributed by atoms with Crippen LogP contribution in [-0.2, 0) is 6.54 Å². The standard InChI is InChI=1S/C16H13BrClN3OS.C2H6/c1-3-21-14-9(8-19-16(20-14)23-2)6-12(15(21)22)11-5-4-10(17)7-13(11)18;1-2/h4-8H,3H2,1-2H3;1-2H3. The van der Waals surface area contributed by atoms with Crippen molar-refractivity contribution in [3.63, 3.8) is 0 Å². The van der Waals surface area contributed by atoms with Gasteiger partial charge in [0.2, 0.25) is 0 Å². The summed E-state index contributed by atoms with van der Waals surface area (Å²) in [4.78, 5) is 21.6. The first-order chi connectivity index (χ1) is 12.0. The summed E-state index contributed by atoms with van der Waals surface area (Å²) in [5.41, 5.74) is 1.80. The molecule has 0 amide bonds. The van der Waals surface area contributed by atoms with Crippen molar-refractivity contribution in [1.29, 1.82) is 0 Å². The topological polar surface area (TPSA) is 47.8 Å². The molecular formula is C18H19BrClN3OS. The predicted octanol–water partition coefficient (Wildman–Crippen LogP) is 5.64. The van der Waals surface area contributed by atoms with Gasteiger partial charge < -0.3 is 0 Å². The van der Waals surface area contributed by atoms with E-state index < -0.39 is 0 Å². The zero-order valence-corrected chi connectivity index (χ0v) is 17.7. The van der Waals surface area contributed by atoms with E-state index >= 15 is 0 Å².